The second kappa shape index (κ2) is 16.6. The molecule has 3 unspecified atom stereocenters. The molecule has 0 bridgehead atoms. The van der Waals surface area contributed by atoms with Crippen molar-refractivity contribution in [1.29, 1.82) is 0 Å². The smallest absolute Gasteiger partial charge is 0.408 e. The van der Waals surface area contributed by atoms with Gasteiger partial charge >= 0.3 is 6.09 Å². The van der Waals surface area contributed by atoms with Crippen LogP contribution in [0.25, 0.3) is 0 Å². The quantitative estimate of drug-likeness (QED) is 0.222. The molecule has 0 saturated heterocycles. The van der Waals surface area contributed by atoms with Crippen LogP contribution in [0.3, 0.4) is 0 Å². The monoisotopic (exact) mass is 559 g/mol. The van der Waals surface area contributed by atoms with E-state index < -0.39 is 23.8 Å². The summed E-state index contributed by atoms with van der Waals surface area (Å²) in [4.78, 5) is 43.0. The fourth-order valence-electron chi connectivity index (χ4n) is 4.69. The number of carbonyl (C=O) groups is 3. The average molecular weight is 560 g/mol. The first-order valence-electron chi connectivity index (χ1n) is 15.2. The molecule has 0 fully saturated rings. The first-order valence-corrected chi connectivity index (χ1v) is 15.2. The Kier molecular flexibility index (Phi) is 14.7. The van der Waals surface area contributed by atoms with Crippen LogP contribution in [0, 0.1) is 25.7 Å². The molecule has 0 aliphatic rings. The van der Waals surface area contributed by atoms with Crippen molar-refractivity contribution in [2.45, 2.75) is 138 Å². The molecule has 40 heavy (non-hydrogen) atoms. The molecule has 0 aliphatic carbocycles. The summed E-state index contributed by atoms with van der Waals surface area (Å²) >= 11 is 0. The van der Waals surface area contributed by atoms with E-state index in [0.29, 0.717) is 18.9 Å². The lowest BCUT2D eigenvalue weighted by Crippen LogP contribution is -2.56. The summed E-state index contributed by atoms with van der Waals surface area (Å²) in [7, 11) is 0. The highest BCUT2D eigenvalue weighted by Gasteiger charge is 2.39. The largest absolute Gasteiger partial charge is 0.444 e. The highest BCUT2D eigenvalue weighted by atomic mass is 16.6. The summed E-state index contributed by atoms with van der Waals surface area (Å²) in [5, 5.41) is 5.96. The van der Waals surface area contributed by atoms with Crippen molar-refractivity contribution in [1.82, 2.24) is 15.5 Å². The number of nitrogens with zero attached hydrogens (tertiary/aromatic N) is 1. The second-order valence-corrected chi connectivity index (χ2v) is 13.1. The lowest BCUT2D eigenvalue weighted by atomic mass is 9.94. The number of alkyl carbamates (subject to hydrolysis) is 1. The van der Waals surface area contributed by atoms with Gasteiger partial charge in [-0.3, -0.25) is 9.59 Å². The SMILES string of the molecule is CCCCCNC(=O)C(c1ccc(C)c(C)c1)N(C(=O)C(CC(C)C)NC(=O)OC(C)(C)C)C(C)CCC(C)C. The van der Waals surface area contributed by atoms with Crippen LogP contribution in [0.4, 0.5) is 4.79 Å². The van der Waals surface area contributed by atoms with Gasteiger partial charge in [0.1, 0.15) is 17.7 Å². The summed E-state index contributed by atoms with van der Waals surface area (Å²) < 4.78 is 5.52. The minimum atomic E-state index is -0.821. The topological polar surface area (TPSA) is 87.7 Å². The van der Waals surface area contributed by atoms with Gasteiger partial charge in [-0.05, 0) is 95.8 Å². The van der Waals surface area contributed by atoms with Crippen LogP contribution in [0.1, 0.15) is 124 Å². The molecule has 0 spiro atoms. The van der Waals surface area contributed by atoms with Gasteiger partial charge in [-0.25, -0.2) is 4.79 Å². The van der Waals surface area contributed by atoms with Crippen LogP contribution >= 0.6 is 0 Å². The Bertz CT molecular complexity index is 952. The van der Waals surface area contributed by atoms with Crippen molar-refractivity contribution in [3.8, 4) is 0 Å². The molecule has 0 aliphatic heterocycles. The number of carbonyl (C=O) groups excluding carboxylic acids is 3. The summed E-state index contributed by atoms with van der Waals surface area (Å²) in [5.74, 6) is 0.140. The molecule has 1 aromatic carbocycles. The molecule has 7 heteroatoms. The van der Waals surface area contributed by atoms with Gasteiger partial charge in [-0.15, -0.1) is 0 Å². The molecular weight excluding hydrogens is 502 g/mol. The third-order valence-corrected chi connectivity index (χ3v) is 7.04. The van der Waals surface area contributed by atoms with Gasteiger partial charge in [0.15, 0.2) is 0 Å². The van der Waals surface area contributed by atoms with E-state index in [1.165, 1.54) is 0 Å². The molecule has 228 valence electrons. The number of aryl methyl sites for hydroxylation is 2. The fourth-order valence-corrected chi connectivity index (χ4v) is 4.69. The number of ether oxygens (including phenoxy) is 1. The number of hydrogen-bond donors (Lipinski definition) is 2. The molecule has 0 saturated carbocycles. The summed E-state index contributed by atoms with van der Waals surface area (Å²) in [6, 6.07) is 4.11. The van der Waals surface area contributed by atoms with E-state index in [0.717, 1.165) is 48.8 Å². The summed E-state index contributed by atoms with van der Waals surface area (Å²) in [5.41, 5.74) is 2.27. The van der Waals surface area contributed by atoms with Crippen molar-refractivity contribution in [2.24, 2.45) is 11.8 Å². The molecule has 7 nitrogen and oxygen atoms in total. The van der Waals surface area contributed by atoms with Crippen molar-refractivity contribution in [2.75, 3.05) is 6.54 Å². The number of hydrogen-bond acceptors (Lipinski definition) is 4. The Morgan fingerprint density at radius 3 is 2.10 bits per heavy atom. The standard InChI is InChI=1S/C33H57N3O4/c1-12-13-14-19-34-30(37)29(27-18-16-24(6)25(7)21-27)36(26(8)17-15-22(2)3)31(38)28(20-23(4)5)35-32(39)40-33(9,10)11/h16,18,21-23,26,28-29H,12-15,17,19-20H2,1-11H3,(H,34,37)(H,35,39). The molecule has 0 heterocycles. The van der Waals surface area contributed by atoms with E-state index in [1.807, 2.05) is 52.8 Å². The van der Waals surface area contributed by atoms with Gasteiger partial charge < -0.3 is 20.3 Å². The Balaban J connectivity index is 3.62. The number of amides is 3. The number of benzene rings is 1. The van der Waals surface area contributed by atoms with Crippen molar-refractivity contribution in [3.63, 3.8) is 0 Å². The van der Waals surface area contributed by atoms with E-state index in [4.69, 9.17) is 4.74 Å². The van der Waals surface area contributed by atoms with Crippen LogP contribution in [0.5, 0.6) is 0 Å². The highest BCUT2D eigenvalue weighted by molar-refractivity contribution is 5.92. The van der Waals surface area contributed by atoms with Gasteiger partial charge in [0.2, 0.25) is 11.8 Å². The average Bonchev–Trinajstić information content (AvgIpc) is 2.83. The molecule has 3 atom stereocenters. The van der Waals surface area contributed by atoms with Crippen LogP contribution < -0.4 is 10.6 Å². The molecule has 1 rings (SSSR count). The van der Waals surface area contributed by atoms with E-state index >= 15 is 0 Å². The van der Waals surface area contributed by atoms with Crippen LogP contribution in [-0.4, -0.2) is 47.0 Å². The van der Waals surface area contributed by atoms with Gasteiger partial charge in [0, 0.05) is 12.6 Å². The van der Waals surface area contributed by atoms with E-state index in [9.17, 15) is 14.4 Å². The Hall–Kier alpha value is -2.57. The third kappa shape index (κ3) is 12.3. The Labute approximate surface area is 244 Å². The zero-order chi connectivity index (χ0) is 30.6. The zero-order valence-corrected chi connectivity index (χ0v) is 27.1. The highest BCUT2D eigenvalue weighted by Crippen LogP contribution is 2.29. The lowest BCUT2D eigenvalue weighted by Gasteiger charge is -2.39. The lowest BCUT2D eigenvalue weighted by molar-refractivity contribution is -0.145. The van der Waals surface area contributed by atoms with E-state index in [2.05, 4.69) is 31.4 Å². The summed E-state index contributed by atoms with van der Waals surface area (Å²) in [6.07, 6.45) is 4.43. The predicted octanol–water partition coefficient (Wildman–Crippen LogP) is 7.24. The molecule has 0 radical (unpaired) electrons. The van der Waals surface area contributed by atoms with Crippen LogP contribution in [0.15, 0.2) is 18.2 Å². The van der Waals surface area contributed by atoms with Gasteiger partial charge in [-0.2, -0.15) is 0 Å². The molecule has 3 amide bonds. The van der Waals surface area contributed by atoms with Crippen molar-refractivity contribution in [3.05, 3.63) is 34.9 Å². The maximum atomic E-state index is 14.5. The number of nitrogens with one attached hydrogen (secondary N) is 2. The Morgan fingerprint density at radius 2 is 1.57 bits per heavy atom. The van der Waals surface area contributed by atoms with Crippen LogP contribution in [-0.2, 0) is 14.3 Å². The molecular formula is C33H57N3O4. The zero-order valence-electron chi connectivity index (χ0n) is 27.1. The molecule has 0 aromatic heterocycles. The minimum Gasteiger partial charge on any atom is -0.444 e. The predicted molar refractivity (Wildman–Crippen MR) is 164 cm³/mol. The van der Waals surface area contributed by atoms with Gasteiger partial charge in [-0.1, -0.05) is 65.7 Å². The second-order valence-electron chi connectivity index (χ2n) is 13.1. The third-order valence-electron chi connectivity index (χ3n) is 7.04. The van der Waals surface area contributed by atoms with Gasteiger partial charge in [0.05, 0.1) is 0 Å². The number of rotatable bonds is 15. The first-order chi connectivity index (χ1) is 18.6. The van der Waals surface area contributed by atoms with Crippen molar-refractivity contribution < 1.29 is 19.1 Å². The first kappa shape index (κ1) is 35.5. The fraction of sp³-hybridized carbons (Fsp3) is 0.727. The Morgan fingerprint density at radius 1 is 0.925 bits per heavy atom. The number of unbranched alkanes of at least 4 members (excludes halogenated alkanes) is 2. The maximum absolute atomic E-state index is 14.5. The summed E-state index contributed by atoms with van der Waals surface area (Å²) in [6.45, 7) is 22.5. The molecule has 1 aromatic rings. The minimum absolute atomic E-state index is 0.139. The van der Waals surface area contributed by atoms with Crippen molar-refractivity contribution >= 4 is 17.9 Å². The van der Waals surface area contributed by atoms with Gasteiger partial charge in [0.25, 0.3) is 0 Å². The normalized spacial score (nSPS) is 14.0. The van der Waals surface area contributed by atoms with E-state index in [1.54, 1.807) is 25.7 Å². The maximum Gasteiger partial charge on any atom is 0.408 e. The van der Waals surface area contributed by atoms with Crippen LogP contribution in [0.2, 0.25) is 0 Å². The van der Waals surface area contributed by atoms with E-state index in [-0.39, 0.29) is 23.8 Å². The molecule has 2 N–H and O–H groups in total.